The predicted octanol–water partition coefficient (Wildman–Crippen LogP) is 2.82. The number of nitrogens with zero attached hydrogens (tertiary/aromatic N) is 2. The van der Waals surface area contributed by atoms with Crippen molar-refractivity contribution in [3.63, 3.8) is 0 Å². The maximum absolute atomic E-state index is 6.07. The SMILES string of the molecule is C=CCOc1nc(OCC=C)c(Cl)c(OCC=C)n1. The van der Waals surface area contributed by atoms with E-state index in [0.29, 0.717) is 0 Å². The molecule has 0 amide bonds. The molecule has 0 spiro atoms. The Balaban J connectivity index is 3.01. The van der Waals surface area contributed by atoms with Crippen LogP contribution in [0, 0.1) is 0 Å². The lowest BCUT2D eigenvalue weighted by molar-refractivity contribution is 0.288. The van der Waals surface area contributed by atoms with Gasteiger partial charge in [-0.15, -0.1) is 0 Å². The molecule has 6 heteroatoms. The van der Waals surface area contributed by atoms with Crippen LogP contribution < -0.4 is 14.2 Å². The Kier molecular flexibility index (Phi) is 6.46. The van der Waals surface area contributed by atoms with Gasteiger partial charge in [-0.05, 0) is 0 Å². The second-order valence-electron chi connectivity index (χ2n) is 3.23. The molecule has 5 nitrogen and oxygen atoms in total. The molecule has 0 atom stereocenters. The van der Waals surface area contributed by atoms with Crippen LogP contribution in [-0.2, 0) is 0 Å². The van der Waals surface area contributed by atoms with Crippen LogP contribution in [0.2, 0.25) is 5.02 Å². The molecule has 0 aromatic carbocycles. The number of halogens is 1. The predicted molar refractivity (Wildman–Crippen MR) is 74.1 cm³/mol. The summed E-state index contributed by atoms with van der Waals surface area (Å²) in [6, 6.07) is 0.0995. The maximum atomic E-state index is 6.07. The fourth-order valence-electron chi connectivity index (χ4n) is 1.05. The van der Waals surface area contributed by atoms with E-state index in [1.54, 1.807) is 18.2 Å². The summed E-state index contributed by atoms with van der Waals surface area (Å²) >= 11 is 6.07. The molecule has 0 saturated carbocycles. The van der Waals surface area contributed by atoms with Crippen molar-refractivity contribution in [2.24, 2.45) is 0 Å². The minimum atomic E-state index is 0.0995. The smallest absolute Gasteiger partial charge is 0.323 e. The highest BCUT2D eigenvalue weighted by Gasteiger charge is 2.15. The minimum Gasteiger partial charge on any atom is -0.472 e. The molecule has 0 unspecified atom stereocenters. The molecule has 0 fully saturated rings. The van der Waals surface area contributed by atoms with Crippen molar-refractivity contribution in [1.82, 2.24) is 9.97 Å². The van der Waals surface area contributed by atoms with Gasteiger partial charge in [-0.2, -0.15) is 9.97 Å². The van der Waals surface area contributed by atoms with E-state index < -0.39 is 0 Å². The molecule has 0 saturated heterocycles. The molecule has 19 heavy (non-hydrogen) atoms. The molecule has 0 bridgehead atoms. The lowest BCUT2D eigenvalue weighted by atomic mass is 10.5. The van der Waals surface area contributed by atoms with Gasteiger partial charge in [-0.25, -0.2) is 0 Å². The van der Waals surface area contributed by atoms with E-state index in [0.717, 1.165) is 0 Å². The zero-order valence-corrected chi connectivity index (χ0v) is 11.2. The van der Waals surface area contributed by atoms with E-state index in [2.05, 4.69) is 29.7 Å². The maximum Gasteiger partial charge on any atom is 0.323 e. The summed E-state index contributed by atoms with van der Waals surface area (Å²) in [5.41, 5.74) is 0. The van der Waals surface area contributed by atoms with Crippen molar-refractivity contribution < 1.29 is 14.2 Å². The molecule has 1 aromatic heterocycles. The summed E-state index contributed by atoms with van der Waals surface area (Å²) in [5.74, 6) is 0.351. The van der Waals surface area contributed by atoms with Crippen molar-refractivity contribution in [2.75, 3.05) is 19.8 Å². The molecule has 0 aliphatic heterocycles. The Morgan fingerprint density at radius 3 is 1.68 bits per heavy atom. The van der Waals surface area contributed by atoms with Crippen molar-refractivity contribution in [3.05, 3.63) is 43.0 Å². The van der Waals surface area contributed by atoms with Crippen LogP contribution in [0.5, 0.6) is 17.8 Å². The normalized spacial score (nSPS) is 9.53. The number of aromatic nitrogens is 2. The van der Waals surface area contributed by atoms with Crippen molar-refractivity contribution in [2.45, 2.75) is 0 Å². The van der Waals surface area contributed by atoms with Crippen molar-refractivity contribution in [3.8, 4) is 17.8 Å². The quantitative estimate of drug-likeness (QED) is 0.652. The topological polar surface area (TPSA) is 53.5 Å². The first-order valence-electron chi connectivity index (χ1n) is 5.51. The molecular weight excluding hydrogens is 268 g/mol. The average Bonchev–Trinajstić information content (AvgIpc) is 2.43. The van der Waals surface area contributed by atoms with Gasteiger partial charge in [0.1, 0.15) is 19.8 Å². The van der Waals surface area contributed by atoms with Crippen molar-refractivity contribution >= 4 is 11.6 Å². The third-order valence-electron chi connectivity index (χ3n) is 1.78. The van der Waals surface area contributed by atoms with Crippen LogP contribution in [0.4, 0.5) is 0 Å². The summed E-state index contributed by atoms with van der Waals surface area (Å²) in [5, 5.41) is 0.176. The highest BCUT2D eigenvalue weighted by atomic mass is 35.5. The van der Waals surface area contributed by atoms with Gasteiger partial charge < -0.3 is 14.2 Å². The van der Waals surface area contributed by atoms with E-state index in [1.807, 2.05) is 0 Å². The standard InChI is InChI=1S/C13H15ClN2O3/c1-4-7-17-11-10(14)12(18-8-5-2)16-13(15-11)19-9-6-3/h4-6H,1-3,7-9H2. The van der Waals surface area contributed by atoms with Crippen molar-refractivity contribution in [1.29, 1.82) is 0 Å². The fraction of sp³-hybridized carbons (Fsp3) is 0.231. The molecule has 1 aromatic rings. The summed E-state index contributed by atoms with van der Waals surface area (Å²) < 4.78 is 15.9. The van der Waals surface area contributed by atoms with E-state index in [-0.39, 0.29) is 42.6 Å². The summed E-state index contributed by atoms with van der Waals surface area (Å²) in [7, 11) is 0. The van der Waals surface area contributed by atoms with Crippen LogP contribution in [0.25, 0.3) is 0 Å². The Hall–Kier alpha value is -2.01. The van der Waals surface area contributed by atoms with E-state index in [9.17, 15) is 0 Å². The first-order chi connectivity index (χ1) is 9.22. The summed E-state index contributed by atoms with van der Waals surface area (Å²) in [6.07, 6.45) is 4.73. The molecule has 102 valence electrons. The van der Waals surface area contributed by atoms with Gasteiger partial charge in [0.15, 0.2) is 5.02 Å². The minimum absolute atomic E-state index is 0.0995. The molecule has 0 aliphatic rings. The van der Waals surface area contributed by atoms with Crippen LogP contribution in [0.3, 0.4) is 0 Å². The number of hydrogen-bond donors (Lipinski definition) is 0. The van der Waals surface area contributed by atoms with Crippen LogP contribution in [0.15, 0.2) is 38.0 Å². The number of rotatable bonds is 9. The zero-order valence-electron chi connectivity index (χ0n) is 10.5. The third kappa shape index (κ3) is 4.63. The monoisotopic (exact) mass is 282 g/mol. The first-order valence-corrected chi connectivity index (χ1v) is 5.89. The van der Waals surface area contributed by atoms with Gasteiger partial charge >= 0.3 is 6.01 Å². The highest BCUT2D eigenvalue weighted by molar-refractivity contribution is 6.33. The van der Waals surface area contributed by atoms with Crippen LogP contribution in [-0.4, -0.2) is 29.8 Å². The Labute approximate surface area is 117 Å². The van der Waals surface area contributed by atoms with Gasteiger partial charge in [0.05, 0.1) is 0 Å². The van der Waals surface area contributed by atoms with Gasteiger partial charge in [-0.1, -0.05) is 49.6 Å². The summed E-state index contributed by atoms with van der Waals surface area (Å²) in [6.45, 7) is 11.4. The van der Waals surface area contributed by atoms with Gasteiger partial charge in [-0.3, -0.25) is 0 Å². The van der Waals surface area contributed by atoms with Crippen LogP contribution in [0.1, 0.15) is 0 Å². The summed E-state index contributed by atoms with van der Waals surface area (Å²) in [4.78, 5) is 8.05. The molecular formula is C13H15ClN2O3. The Bertz CT molecular complexity index is 430. The van der Waals surface area contributed by atoms with Gasteiger partial charge in [0, 0.05) is 0 Å². The second kappa shape index (κ2) is 8.16. The lowest BCUT2D eigenvalue weighted by Crippen LogP contribution is -2.06. The largest absolute Gasteiger partial charge is 0.472 e. The average molecular weight is 283 g/mol. The zero-order chi connectivity index (χ0) is 14.1. The molecule has 0 aliphatic carbocycles. The lowest BCUT2D eigenvalue weighted by Gasteiger charge is -2.11. The molecule has 1 rings (SSSR count). The first kappa shape index (κ1) is 15.0. The highest BCUT2D eigenvalue weighted by Crippen LogP contribution is 2.32. The number of hydrogen-bond acceptors (Lipinski definition) is 5. The molecule has 1 heterocycles. The van der Waals surface area contributed by atoms with Crippen LogP contribution >= 0.6 is 11.6 Å². The van der Waals surface area contributed by atoms with Gasteiger partial charge in [0.2, 0.25) is 11.8 Å². The Morgan fingerprint density at radius 2 is 1.26 bits per heavy atom. The molecule has 0 N–H and O–H groups in total. The molecule has 0 radical (unpaired) electrons. The Morgan fingerprint density at radius 1 is 0.842 bits per heavy atom. The second-order valence-corrected chi connectivity index (χ2v) is 3.61. The van der Waals surface area contributed by atoms with E-state index in [1.165, 1.54) is 0 Å². The number of ether oxygens (including phenoxy) is 3. The van der Waals surface area contributed by atoms with E-state index in [4.69, 9.17) is 25.8 Å². The van der Waals surface area contributed by atoms with E-state index >= 15 is 0 Å². The van der Waals surface area contributed by atoms with Gasteiger partial charge in [0.25, 0.3) is 0 Å². The fourth-order valence-corrected chi connectivity index (χ4v) is 1.25. The third-order valence-corrected chi connectivity index (χ3v) is 2.10.